The molecule has 33 heavy (non-hydrogen) atoms. The van der Waals surface area contributed by atoms with Crippen LogP contribution in [0.1, 0.15) is 31.1 Å². The van der Waals surface area contributed by atoms with Crippen molar-refractivity contribution in [3.05, 3.63) is 82.4 Å². The minimum atomic E-state index is -0.225. The van der Waals surface area contributed by atoms with Crippen molar-refractivity contribution in [2.75, 3.05) is 45.8 Å². The van der Waals surface area contributed by atoms with Crippen LogP contribution in [0.2, 0.25) is 5.02 Å². The van der Waals surface area contributed by atoms with Gasteiger partial charge in [-0.25, -0.2) is 0 Å². The van der Waals surface area contributed by atoms with Crippen LogP contribution in [0, 0.1) is 0 Å². The number of hydrogen-bond acceptors (Lipinski definition) is 5. The minimum Gasteiger partial charge on any atom is -0.299 e. The zero-order valence-electron chi connectivity index (χ0n) is 18.2. The monoisotopic (exact) mass is 461 g/mol. The van der Waals surface area contributed by atoms with Crippen molar-refractivity contribution in [1.29, 1.82) is 0 Å². The molecular formula is C26H24ClN3O3. The van der Waals surface area contributed by atoms with Gasteiger partial charge in [0, 0.05) is 66.4 Å². The topological polar surface area (TPSA) is 60.9 Å². The molecule has 0 unspecified atom stereocenters. The summed E-state index contributed by atoms with van der Waals surface area (Å²) in [5, 5.41) is 2.28. The molecule has 6 nitrogen and oxygen atoms in total. The summed E-state index contributed by atoms with van der Waals surface area (Å²) in [4.78, 5) is 44.4. The summed E-state index contributed by atoms with van der Waals surface area (Å²) in [5.41, 5.74) is 1.85. The second kappa shape index (κ2) is 9.06. The van der Waals surface area contributed by atoms with Crippen LogP contribution in [0.4, 0.5) is 0 Å². The van der Waals surface area contributed by atoms with Crippen LogP contribution in [0.5, 0.6) is 0 Å². The van der Waals surface area contributed by atoms with Gasteiger partial charge in [-0.05, 0) is 41.8 Å². The molecule has 0 saturated carbocycles. The molecule has 3 aromatic rings. The normalized spacial score (nSPS) is 17.1. The van der Waals surface area contributed by atoms with Gasteiger partial charge < -0.3 is 0 Å². The molecule has 2 amide bonds. The number of rotatable bonds is 6. The third-order valence-corrected chi connectivity index (χ3v) is 6.75. The van der Waals surface area contributed by atoms with E-state index < -0.39 is 0 Å². The Hall–Kier alpha value is -3.06. The third-order valence-electron chi connectivity index (χ3n) is 6.49. The van der Waals surface area contributed by atoms with Crippen LogP contribution in [-0.2, 0) is 0 Å². The maximum atomic E-state index is 13.0. The Morgan fingerprint density at radius 2 is 1.33 bits per heavy atom. The van der Waals surface area contributed by atoms with Gasteiger partial charge in [-0.1, -0.05) is 35.9 Å². The Labute approximate surface area is 197 Å². The number of carbonyl (C=O) groups excluding carboxylic acids is 3. The van der Waals surface area contributed by atoms with Crippen LogP contribution in [0.3, 0.4) is 0 Å². The number of hydrogen-bond donors (Lipinski definition) is 0. The Balaban J connectivity index is 1.17. The highest BCUT2D eigenvalue weighted by Crippen LogP contribution is 2.29. The Bertz CT molecular complexity index is 1180. The van der Waals surface area contributed by atoms with E-state index in [4.69, 9.17) is 11.6 Å². The van der Waals surface area contributed by atoms with Crippen LogP contribution in [0.15, 0.2) is 60.7 Å². The van der Waals surface area contributed by atoms with Gasteiger partial charge in [0.2, 0.25) is 0 Å². The molecule has 1 fully saturated rings. The summed E-state index contributed by atoms with van der Waals surface area (Å²) in [6, 6.07) is 18.1. The molecule has 0 aromatic heterocycles. The molecule has 0 radical (unpaired) electrons. The molecule has 168 valence electrons. The predicted octanol–water partition coefficient (Wildman–Crippen LogP) is 3.59. The molecule has 5 rings (SSSR count). The van der Waals surface area contributed by atoms with E-state index in [0.29, 0.717) is 41.3 Å². The fourth-order valence-corrected chi connectivity index (χ4v) is 4.75. The van der Waals surface area contributed by atoms with Gasteiger partial charge in [-0.2, -0.15) is 0 Å². The average molecular weight is 462 g/mol. The Morgan fingerprint density at radius 1 is 0.758 bits per heavy atom. The number of carbonyl (C=O) groups is 3. The number of imide groups is 1. The van der Waals surface area contributed by atoms with Crippen molar-refractivity contribution in [2.45, 2.75) is 0 Å². The van der Waals surface area contributed by atoms with Gasteiger partial charge in [0.25, 0.3) is 11.8 Å². The molecule has 0 aliphatic carbocycles. The van der Waals surface area contributed by atoms with Crippen LogP contribution in [0.25, 0.3) is 10.8 Å². The molecule has 2 aliphatic rings. The maximum absolute atomic E-state index is 13.0. The molecule has 0 N–H and O–H groups in total. The number of amides is 2. The van der Waals surface area contributed by atoms with Gasteiger partial charge in [0.05, 0.1) is 6.54 Å². The van der Waals surface area contributed by atoms with E-state index in [-0.39, 0.29) is 17.6 Å². The van der Waals surface area contributed by atoms with E-state index in [1.807, 2.05) is 24.3 Å². The molecule has 0 spiro atoms. The van der Waals surface area contributed by atoms with Gasteiger partial charge in [0.1, 0.15) is 0 Å². The first-order valence-corrected chi connectivity index (χ1v) is 11.5. The molecular weight excluding hydrogens is 438 g/mol. The molecule has 3 aromatic carbocycles. The van der Waals surface area contributed by atoms with E-state index in [1.54, 1.807) is 36.4 Å². The zero-order valence-corrected chi connectivity index (χ0v) is 18.9. The number of halogens is 1. The lowest BCUT2D eigenvalue weighted by atomic mass is 9.94. The summed E-state index contributed by atoms with van der Waals surface area (Å²) in [6.45, 7) is 4.46. The Kier molecular flexibility index (Phi) is 5.98. The van der Waals surface area contributed by atoms with Crippen molar-refractivity contribution < 1.29 is 14.4 Å². The molecule has 0 bridgehead atoms. The largest absolute Gasteiger partial charge is 0.299 e. The highest BCUT2D eigenvalue weighted by atomic mass is 35.5. The number of Topliss-reactive ketones (excluding diaryl/α,β-unsaturated/α-hetero) is 1. The smallest absolute Gasteiger partial charge is 0.261 e. The molecule has 0 atom stereocenters. The maximum Gasteiger partial charge on any atom is 0.261 e. The highest BCUT2D eigenvalue weighted by Gasteiger charge is 2.33. The summed E-state index contributed by atoms with van der Waals surface area (Å²) >= 11 is 5.90. The number of nitrogens with zero attached hydrogens (tertiary/aromatic N) is 3. The second-order valence-corrected chi connectivity index (χ2v) is 8.96. The lowest BCUT2D eigenvalue weighted by Crippen LogP contribution is -2.51. The average Bonchev–Trinajstić information content (AvgIpc) is 2.83. The van der Waals surface area contributed by atoms with Gasteiger partial charge in [0.15, 0.2) is 5.78 Å². The molecule has 2 heterocycles. The summed E-state index contributed by atoms with van der Waals surface area (Å²) < 4.78 is 0. The van der Waals surface area contributed by atoms with E-state index in [2.05, 4.69) is 9.80 Å². The quantitative estimate of drug-likeness (QED) is 0.414. The first kappa shape index (κ1) is 21.8. The predicted molar refractivity (Wildman–Crippen MR) is 128 cm³/mol. The number of benzene rings is 3. The zero-order chi connectivity index (χ0) is 22.9. The molecule has 7 heteroatoms. The van der Waals surface area contributed by atoms with Crippen LogP contribution in [-0.4, -0.2) is 78.1 Å². The number of ketones is 1. The standard InChI is InChI=1S/C26H24ClN3O3/c27-20-9-7-18(8-10-20)23(31)17-29-13-11-28(12-14-29)15-16-30-25(32)21-5-1-3-19-4-2-6-22(24(19)21)26(30)33/h1-10H,11-17H2. The minimum absolute atomic E-state index is 0.0810. The van der Waals surface area contributed by atoms with Gasteiger partial charge in [-0.3, -0.25) is 29.1 Å². The van der Waals surface area contributed by atoms with E-state index in [9.17, 15) is 14.4 Å². The first-order valence-electron chi connectivity index (χ1n) is 11.1. The second-order valence-electron chi connectivity index (χ2n) is 8.52. The van der Waals surface area contributed by atoms with Crippen molar-refractivity contribution in [1.82, 2.24) is 14.7 Å². The van der Waals surface area contributed by atoms with Crippen molar-refractivity contribution in [2.24, 2.45) is 0 Å². The lowest BCUT2D eigenvalue weighted by Gasteiger charge is -2.35. The summed E-state index contributed by atoms with van der Waals surface area (Å²) in [5.74, 6) is -0.370. The molecule has 2 aliphatic heterocycles. The summed E-state index contributed by atoms with van der Waals surface area (Å²) in [7, 11) is 0. The van der Waals surface area contributed by atoms with Crippen molar-refractivity contribution in [3.63, 3.8) is 0 Å². The van der Waals surface area contributed by atoms with E-state index in [1.165, 1.54) is 4.90 Å². The van der Waals surface area contributed by atoms with Crippen molar-refractivity contribution in [3.8, 4) is 0 Å². The SMILES string of the molecule is O=C(CN1CCN(CCN2C(=O)c3cccc4cccc(c34)C2=O)CC1)c1ccc(Cl)cc1. The fraction of sp³-hybridized carbons (Fsp3) is 0.269. The molecule has 1 saturated heterocycles. The van der Waals surface area contributed by atoms with Gasteiger partial charge in [-0.15, -0.1) is 0 Å². The lowest BCUT2D eigenvalue weighted by molar-refractivity contribution is 0.0566. The summed E-state index contributed by atoms with van der Waals surface area (Å²) in [6.07, 6.45) is 0. The van der Waals surface area contributed by atoms with Crippen molar-refractivity contribution >= 4 is 40.0 Å². The van der Waals surface area contributed by atoms with E-state index in [0.717, 1.165) is 37.0 Å². The van der Waals surface area contributed by atoms with E-state index >= 15 is 0 Å². The van der Waals surface area contributed by atoms with Crippen LogP contribution >= 0.6 is 11.6 Å². The van der Waals surface area contributed by atoms with Crippen LogP contribution < -0.4 is 0 Å². The van der Waals surface area contributed by atoms with Gasteiger partial charge >= 0.3 is 0 Å². The number of piperazine rings is 1. The highest BCUT2D eigenvalue weighted by molar-refractivity contribution is 6.30. The fourth-order valence-electron chi connectivity index (χ4n) is 4.63. The Morgan fingerprint density at radius 3 is 1.94 bits per heavy atom. The first-order chi connectivity index (χ1) is 16.0. The third kappa shape index (κ3) is 4.29.